The predicted octanol–water partition coefficient (Wildman–Crippen LogP) is 4.17. The lowest BCUT2D eigenvalue weighted by atomic mass is 10.0. The highest BCUT2D eigenvalue weighted by atomic mass is 19.1. The van der Waals surface area contributed by atoms with E-state index < -0.39 is 5.82 Å². The van der Waals surface area contributed by atoms with Gasteiger partial charge < -0.3 is 14.5 Å². The SMILES string of the molecule is CC(C)N(C(=O)c1cnc(N2CCOCC2)nc1-c1ccccc1F)c1ccccc1. The van der Waals surface area contributed by atoms with Crippen LogP contribution in [0.25, 0.3) is 11.3 Å². The van der Waals surface area contributed by atoms with E-state index in [0.29, 0.717) is 37.9 Å². The molecule has 1 aliphatic heterocycles. The maximum Gasteiger partial charge on any atom is 0.262 e. The van der Waals surface area contributed by atoms with Crippen LogP contribution in [0.2, 0.25) is 0 Å². The standard InChI is InChI=1S/C24H25FN4O2/c1-17(2)29(18-8-4-3-5-9-18)23(30)20-16-26-24(28-12-14-31-15-13-28)27-22(20)19-10-6-7-11-21(19)25/h3-11,16-17H,12-15H2,1-2H3. The molecule has 2 aromatic carbocycles. The third-order valence-corrected chi connectivity index (χ3v) is 5.20. The first-order valence-electron chi connectivity index (χ1n) is 10.4. The average molecular weight is 420 g/mol. The number of rotatable bonds is 5. The molecule has 1 saturated heterocycles. The Balaban J connectivity index is 1.82. The van der Waals surface area contributed by atoms with Crippen molar-refractivity contribution >= 4 is 17.5 Å². The molecule has 1 amide bonds. The number of nitrogens with zero attached hydrogens (tertiary/aromatic N) is 4. The first kappa shape index (κ1) is 20.9. The van der Waals surface area contributed by atoms with Gasteiger partial charge in [0.15, 0.2) is 0 Å². The molecule has 0 aliphatic carbocycles. The first-order valence-corrected chi connectivity index (χ1v) is 10.4. The van der Waals surface area contributed by atoms with Crippen LogP contribution in [0.4, 0.5) is 16.0 Å². The Labute approximate surface area is 181 Å². The Kier molecular flexibility index (Phi) is 6.23. The van der Waals surface area contributed by atoms with Crippen LogP contribution < -0.4 is 9.80 Å². The molecule has 0 atom stereocenters. The summed E-state index contributed by atoms with van der Waals surface area (Å²) in [6.07, 6.45) is 1.51. The zero-order chi connectivity index (χ0) is 21.8. The van der Waals surface area contributed by atoms with E-state index in [-0.39, 0.29) is 23.1 Å². The van der Waals surface area contributed by atoms with E-state index >= 15 is 0 Å². The molecule has 3 aromatic rings. The Hall–Kier alpha value is -3.32. The fourth-order valence-corrected chi connectivity index (χ4v) is 3.67. The molecule has 0 bridgehead atoms. The third kappa shape index (κ3) is 4.41. The summed E-state index contributed by atoms with van der Waals surface area (Å²) in [5, 5.41) is 0. The van der Waals surface area contributed by atoms with Gasteiger partial charge in [0.05, 0.1) is 24.5 Å². The van der Waals surface area contributed by atoms with Crippen molar-refractivity contribution in [3.63, 3.8) is 0 Å². The second-order valence-corrected chi connectivity index (χ2v) is 7.62. The zero-order valence-electron chi connectivity index (χ0n) is 17.7. The number of hydrogen-bond acceptors (Lipinski definition) is 5. The zero-order valence-corrected chi connectivity index (χ0v) is 17.7. The molecular formula is C24H25FN4O2. The van der Waals surface area contributed by atoms with E-state index in [1.165, 1.54) is 12.3 Å². The van der Waals surface area contributed by atoms with Gasteiger partial charge in [-0.15, -0.1) is 0 Å². The van der Waals surface area contributed by atoms with E-state index in [4.69, 9.17) is 4.74 Å². The number of morpholine rings is 1. The number of carbonyl (C=O) groups excluding carboxylic acids is 1. The van der Waals surface area contributed by atoms with Crippen molar-refractivity contribution in [1.82, 2.24) is 9.97 Å². The number of anilines is 2. The first-order chi connectivity index (χ1) is 15.1. The largest absolute Gasteiger partial charge is 0.378 e. The topological polar surface area (TPSA) is 58.6 Å². The van der Waals surface area contributed by atoms with Gasteiger partial charge in [-0.1, -0.05) is 30.3 Å². The van der Waals surface area contributed by atoms with Gasteiger partial charge in [-0.25, -0.2) is 14.4 Å². The Morgan fingerprint density at radius 1 is 1.06 bits per heavy atom. The number of aromatic nitrogens is 2. The third-order valence-electron chi connectivity index (χ3n) is 5.20. The molecular weight excluding hydrogens is 395 g/mol. The summed E-state index contributed by atoms with van der Waals surface area (Å²) in [7, 11) is 0. The van der Waals surface area contributed by atoms with Crippen LogP contribution in [0.3, 0.4) is 0 Å². The minimum atomic E-state index is -0.431. The van der Waals surface area contributed by atoms with Crippen molar-refractivity contribution in [2.24, 2.45) is 0 Å². The smallest absolute Gasteiger partial charge is 0.262 e. The monoisotopic (exact) mass is 420 g/mol. The number of carbonyl (C=O) groups is 1. The van der Waals surface area contributed by atoms with E-state index in [9.17, 15) is 9.18 Å². The molecule has 2 heterocycles. The predicted molar refractivity (Wildman–Crippen MR) is 119 cm³/mol. The van der Waals surface area contributed by atoms with Gasteiger partial charge in [0.25, 0.3) is 5.91 Å². The highest BCUT2D eigenvalue weighted by molar-refractivity contribution is 6.09. The fraction of sp³-hybridized carbons (Fsp3) is 0.292. The normalized spacial score (nSPS) is 14.0. The minimum Gasteiger partial charge on any atom is -0.378 e. The summed E-state index contributed by atoms with van der Waals surface area (Å²) in [5.41, 5.74) is 1.60. The van der Waals surface area contributed by atoms with Crippen LogP contribution in [-0.2, 0) is 4.74 Å². The van der Waals surface area contributed by atoms with Crippen LogP contribution in [0, 0.1) is 5.82 Å². The molecule has 1 fully saturated rings. The summed E-state index contributed by atoms with van der Waals surface area (Å²) in [4.78, 5) is 26.5. The van der Waals surface area contributed by atoms with Crippen LogP contribution in [-0.4, -0.2) is 48.2 Å². The fourth-order valence-electron chi connectivity index (χ4n) is 3.67. The molecule has 0 spiro atoms. The summed E-state index contributed by atoms with van der Waals surface area (Å²) < 4.78 is 20.2. The molecule has 0 N–H and O–H groups in total. The van der Waals surface area contributed by atoms with Crippen LogP contribution in [0.1, 0.15) is 24.2 Å². The molecule has 4 rings (SSSR count). The van der Waals surface area contributed by atoms with Crippen molar-refractivity contribution in [1.29, 1.82) is 0 Å². The maximum absolute atomic E-state index is 14.8. The van der Waals surface area contributed by atoms with Gasteiger partial charge in [0.1, 0.15) is 5.82 Å². The summed E-state index contributed by atoms with van der Waals surface area (Å²) in [5.74, 6) is -0.235. The molecule has 1 aliphatic rings. The lowest BCUT2D eigenvalue weighted by Gasteiger charge is -2.29. The number of para-hydroxylation sites is 1. The molecule has 6 nitrogen and oxygen atoms in total. The number of hydrogen-bond donors (Lipinski definition) is 0. The van der Waals surface area contributed by atoms with Crippen molar-refractivity contribution in [2.75, 3.05) is 36.1 Å². The average Bonchev–Trinajstić information content (AvgIpc) is 2.80. The Bertz CT molecular complexity index is 1050. The summed E-state index contributed by atoms with van der Waals surface area (Å²) in [6, 6.07) is 15.7. The maximum atomic E-state index is 14.8. The van der Waals surface area contributed by atoms with Gasteiger partial charge in [0, 0.05) is 36.6 Å². The lowest BCUT2D eigenvalue weighted by molar-refractivity contribution is 0.0980. The summed E-state index contributed by atoms with van der Waals surface area (Å²) in [6.45, 7) is 6.33. The molecule has 1 aromatic heterocycles. The molecule has 0 saturated carbocycles. The summed E-state index contributed by atoms with van der Waals surface area (Å²) >= 11 is 0. The van der Waals surface area contributed by atoms with E-state index in [0.717, 1.165) is 5.69 Å². The number of benzene rings is 2. The van der Waals surface area contributed by atoms with E-state index in [2.05, 4.69) is 9.97 Å². The molecule has 7 heteroatoms. The quantitative estimate of drug-likeness (QED) is 0.620. The number of amides is 1. The van der Waals surface area contributed by atoms with Crippen LogP contribution in [0.5, 0.6) is 0 Å². The molecule has 0 unspecified atom stereocenters. The molecule has 0 radical (unpaired) electrons. The van der Waals surface area contributed by atoms with Gasteiger partial charge in [-0.3, -0.25) is 4.79 Å². The van der Waals surface area contributed by atoms with Crippen molar-refractivity contribution < 1.29 is 13.9 Å². The van der Waals surface area contributed by atoms with Crippen LogP contribution in [0.15, 0.2) is 60.8 Å². The Morgan fingerprint density at radius 2 is 1.74 bits per heavy atom. The highest BCUT2D eigenvalue weighted by Crippen LogP contribution is 2.29. The molecule has 160 valence electrons. The van der Waals surface area contributed by atoms with Crippen molar-refractivity contribution in [2.45, 2.75) is 19.9 Å². The van der Waals surface area contributed by atoms with E-state index in [1.807, 2.05) is 49.1 Å². The van der Waals surface area contributed by atoms with Gasteiger partial charge in [0.2, 0.25) is 5.95 Å². The van der Waals surface area contributed by atoms with Gasteiger partial charge in [-0.2, -0.15) is 0 Å². The van der Waals surface area contributed by atoms with Gasteiger partial charge in [-0.05, 0) is 38.1 Å². The van der Waals surface area contributed by atoms with E-state index in [1.54, 1.807) is 23.1 Å². The minimum absolute atomic E-state index is 0.109. The van der Waals surface area contributed by atoms with Gasteiger partial charge >= 0.3 is 0 Å². The van der Waals surface area contributed by atoms with Crippen LogP contribution >= 0.6 is 0 Å². The second-order valence-electron chi connectivity index (χ2n) is 7.62. The lowest BCUT2D eigenvalue weighted by Crippen LogP contribution is -2.39. The highest BCUT2D eigenvalue weighted by Gasteiger charge is 2.27. The van der Waals surface area contributed by atoms with Crippen molar-refractivity contribution in [3.8, 4) is 11.3 Å². The molecule has 31 heavy (non-hydrogen) atoms. The number of ether oxygens (including phenoxy) is 1. The number of halogens is 1. The Morgan fingerprint density at radius 3 is 2.42 bits per heavy atom. The second kappa shape index (κ2) is 9.22. The van der Waals surface area contributed by atoms with Crippen molar-refractivity contribution in [3.05, 3.63) is 72.2 Å².